The largest absolute Gasteiger partial charge is 0.396 e. The van der Waals surface area contributed by atoms with E-state index >= 15 is 0 Å². The Morgan fingerprint density at radius 3 is 2.29 bits per heavy atom. The highest BCUT2D eigenvalue weighted by molar-refractivity contribution is 6.30. The number of nitrogens with two attached hydrogens (primary N) is 1. The third-order valence-electron chi connectivity index (χ3n) is 2.59. The fourth-order valence-corrected chi connectivity index (χ4v) is 1.70. The van der Waals surface area contributed by atoms with Crippen molar-refractivity contribution < 1.29 is 22.4 Å². The molecule has 0 saturated heterocycles. The highest BCUT2D eigenvalue weighted by Crippen LogP contribution is 2.23. The molecule has 0 atom stereocenters. The Morgan fingerprint density at radius 1 is 0.952 bits per heavy atom. The fourth-order valence-electron chi connectivity index (χ4n) is 1.55. The summed E-state index contributed by atoms with van der Waals surface area (Å²) in [5, 5.41) is 1.47. The summed E-state index contributed by atoms with van der Waals surface area (Å²) in [7, 11) is 0. The van der Waals surface area contributed by atoms with Crippen LogP contribution in [0.5, 0.6) is 0 Å². The summed E-state index contributed by atoms with van der Waals surface area (Å²) < 4.78 is 53.2. The number of amides is 1. The predicted octanol–water partition coefficient (Wildman–Crippen LogP) is 3.73. The van der Waals surface area contributed by atoms with Crippen molar-refractivity contribution in [3.8, 4) is 0 Å². The summed E-state index contributed by atoms with van der Waals surface area (Å²) in [4.78, 5) is 11.8. The number of rotatable bonds is 2. The second-order valence-corrected chi connectivity index (χ2v) is 4.46. The molecular formula is C13H7ClF4N2O. The lowest BCUT2D eigenvalue weighted by Gasteiger charge is -2.09. The maximum atomic E-state index is 13.5. The Kier molecular flexibility index (Phi) is 4.04. The second kappa shape index (κ2) is 5.61. The molecule has 3 nitrogen and oxygen atoms in total. The first-order chi connectivity index (χ1) is 9.79. The predicted molar refractivity (Wildman–Crippen MR) is 70.1 cm³/mol. The van der Waals surface area contributed by atoms with Gasteiger partial charge in [0.25, 0.3) is 5.91 Å². The number of halogens is 5. The summed E-state index contributed by atoms with van der Waals surface area (Å²) >= 11 is 5.35. The van der Waals surface area contributed by atoms with E-state index in [0.717, 1.165) is 6.07 Å². The molecule has 1 amide bonds. The SMILES string of the molecule is Nc1cc(NC(=O)c2cc(F)c(Cl)cc2F)c(F)cc1F. The number of hydrogen-bond acceptors (Lipinski definition) is 2. The van der Waals surface area contributed by atoms with E-state index in [-0.39, 0.29) is 0 Å². The van der Waals surface area contributed by atoms with Crippen LogP contribution >= 0.6 is 11.6 Å². The Hall–Kier alpha value is -2.28. The van der Waals surface area contributed by atoms with Gasteiger partial charge in [0.05, 0.1) is 22.0 Å². The normalized spacial score (nSPS) is 10.5. The minimum absolute atomic E-state index is 0.408. The van der Waals surface area contributed by atoms with E-state index in [0.29, 0.717) is 18.2 Å². The molecule has 2 aromatic rings. The molecule has 2 rings (SSSR count). The fraction of sp³-hybridized carbons (Fsp3) is 0. The average molecular weight is 319 g/mol. The van der Waals surface area contributed by atoms with Gasteiger partial charge in [-0.1, -0.05) is 11.6 Å². The van der Waals surface area contributed by atoms with Crippen molar-refractivity contribution in [2.24, 2.45) is 0 Å². The van der Waals surface area contributed by atoms with Crippen LogP contribution in [0.1, 0.15) is 10.4 Å². The molecule has 21 heavy (non-hydrogen) atoms. The van der Waals surface area contributed by atoms with E-state index in [4.69, 9.17) is 17.3 Å². The van der Waals surface area contributed by atoms with Gasteiger partial charge in [0.1, 0.15) is 23.3 Å². The minimum Gasteiger partial charge on any atom is -0.396 e. The van der Waals surface area contributed by atoms with E-state index in [9.17, 15) is 22.4 Å². The van der Waals surface area contributed by atoms with Crippen LogP contribution in [0.25, 0.3) is 0 Å². The molecule has 8 heteroatoms. The van der Waals surface area contributed by atoms with Crippen molar-refractivity contribution in [3.05, 3.63) is 58.1 Å². The van der Waals surface area contributed by atoms with Crippen molar-refractivity contribution in [1.82, 2.24) is 0 Å². The lowest BCUT2D eigenvalue weighted by molar-refractivity contribution is 0.102. The van der Waals surface area contributed by atoms with Crippen molar-refractivity contribution in [1.29, 1.82) is 0 Å². The quantitative estimate of drug-likeness (QED) is 0.503. The first-order valence-electron chi connectivity index (χ1n) is 5.50. The van der Waals surface area contributed by atoms with Crippen LogP contribution < -0.4 is 11.1 Å². The van der Waals surface area contributed by atoms with Crippen molar-refractivity contribution in [2.45, 2.75) is 0 Å². The van der Waals surface area contributed by atoms with Crippen LogP contribution in [0.2, 0.25) is 5.02 Å². The topological polar surface area (TPSA) is 55.1 Å². The molecule has 0 heterocycles. The first-order valence-corrected chi connectivity index (χ1v) is 5.88. The molecule has 0 aromatic heterocycles. The van der Waals surface area contributed by atoms with Gasteiger partial charge in [-0.05, 0) is 18.2 Å². The monoisotopic (exact) mass is 318 g/mol. The van der Waals surface area contributed by atoms with E-state index in [1.807, 2.05) is 5.32 Å². The Balaban J connectivity index is 2.35. The van der Waals surface area contributed by atoms with Gasteiger partial charge in [0, 0.05) is 6.07 Å². The Morgan fingerprint density at radius 2 is 1.62 bits per heavy atom. The number of benzene rings is 2. The number of nitrogens with one attached hydrogen (secondary N) is 1. The van der Waals surface area contributed by atoms with E-state index < -0.39 is 51.1 Å². The van der Waals surface area contributed by atoms with Crippen LogP contribution in [0.15, 0.2) is 24.3 Å². The van der Waals surface area contributed by atoms with E-state index in [1.165, 1.54) is 0 Å². The summed E-state index contributed by atoms with van der Waals surface area (Å²) in [5.74, 6) is -5.34. The van der Waals surface area contributed by atoms with Gasteiger partial charge in [0.15, 0.2) is 0 Å². The smallest absolute Gasteiger partial charge is 0.258 e. The first kappa shape index (κ1) is 15.1. The molecule has 0 unspecified atom stereocenters. The Bertz CT molecular complexity index is 737. The van der Waals surface area contributed by atoms with Crippen molar-refractivity contribution >= 4 is 28.9 Å². The van der Waals surface area contributed by atoms with Crippen LogP contribution in [-0.2, 0) is 0 Å². The van der Waals surface area contributed by atoms with E-state index in [1.54, 1.807) is 0 Å². The lowest BCUT2D eigenvalue weighted by Crippen LogP contribution is -2.15. The van der Waals surface area contributed by atoms with Gasteiger partial charge in [-0.25, -0.2) is 17.6 Å². The number of carbonyl (C=O) groups is 1. The molecule has 0 aliphatic rings. The molecule has 0 spiro atoms. The number of anilines is 2. The van der Waals surface area contributed by atoms with Crippen molar-refractivity contribution in [3.63, 3.8) is 0 Å². The molecule has 110 valence electrons. The maximum Gasteiger partial charge on any atom is 0.258 e. The van der Waals surface area contributed by atoms with Gasteiger partial charge in [-0.3, -0.25) is 4.79 Å². The van der Waals surface area contributed by atoms with Crippen LogP contribution in [0, 0.1) is 23.3 Å². The molecular weight excluding hydrogens is 312 g/mol. The molecule has 0 saturated carbocycles. The summed E-state index contributed by atoms with van der Waals surface area (Å²) in [6, 6.07) is 2.47. The Labute approximate surface area is 121 Å². The molecule has 2 aromatic carbocycles. The van der Waals surface area contributed by atoms with Crippen LogP contribution in [0.3, 0.4) is 0 Å². The van der Waals surface area contributed by atoms with Gasteiger partial charge in [0.2, 0.25) is 0 Å². The average Bonchev–Trinajstić information content (AvgIpc) is 2.40. The molecule has 0 aliphatic carbocycles. The molecule has 3 N–H and O–H groups in total. The molecule has 0 aliphatic heterocycles. The standard InChI is InChI=1S/C13H7ClF4N2O/c14-6-2-7(15)5(1-8(6)16)13(21)20-12-4-11(19)9(17)3-10(12)18/h1-4H,19H2,(H,20,21). The highest BCUT2D eigenvalue weighted by atomic mass is 35.5. The van der Waals surface area contributed by atoms with Gasteiger partial charge in [-0.15, -0.1) is 0 Å². The third-order valence-corrected chi connectivity index (χ3v) is 2.88. The second-order valence-electron chi connectivity index (χ2n) is 4.05. The van der Waals surface area contributed by atoms with Crippen LogP contribution in [0.4, 0.5) is 28.9 Å². The number of hydrogen-bond donors (Lipinski definition) is 2. The van der Waals surface area contributed by atoms with Gasteiger partial charge in [-0.2, -0.15) is 0 Å². The summed E-state index contributed by atoms with van der Waals surface area (Å²) in [5.41, 5.74) is 3.68. The zero-order valence-corrected chi connectivity index (χ0v) is 10.9. The highest BCUT2D eigenvalue weighted by Gasteiger charge is 2.17. The van der Waals surface area contributed by atoms with Gasteiger partial charge < -0.3 is 11.1 Å². The lowest BCUT2D eigenvalue weighted by atomic mass is 10.1. The summed E-state index contributed by atoms with van der Waals surface area (Å²) in [6.07, 6.45) is 0. The molecule has 0 radical (unpaired) electrons. The zero-order chi connectivity index (χ0) is 15.7. The van der Waals surface area contributed by atoms with Crippen LogP contribution in [-0.4, -0.2) is 5.91 Å². The third kappa shape index (κ3) is 3.08. The van der Waals surface area contributed by atoms with Gasteiger partial charge >= 0.3 is 0 Å². The van der Waals surface area contributed by atoms with Crippen molar-refractivity contribution in [2.75, 3.05) is 11.1 Å². The number of carbonyl (C=O) groups excluding carboxylic acids is 1. The zero-order valence-electron chi connectivity index (χ0n) is 10.2. The molecule has 0 fully saturated rings. The maximum absolute atomic E-state index is 13.5. The summed E-state index contributed by atoms with van der Waals surface area (Å²) in [6.45, 7) is 0. The minimum atomic E-state index is -1.13. The molecule has 0 bridgehead atoms. The number of nitrogen functional groups attached to an aromatic ring is 1. The van der Waals surface area contributed by atoms with E-state index in [2.05, 4.69) is 0 Å².